The summed E-state index contributed by atoms with van der Waals surface area (Å²) in [6.45, 7) is 7.96. The number of carbonyl (C=O) groups excluding carboxylic acids is 1. The number of halogens is 1. The van der Waals surface area contributed by atoms with E-state index in [2.05, 4.69) is 34.6 Å². The van der Waals surface area contributed by atoms with Gasteiger partial charge in [-0.15, -0.1) is 0 Å². The Morgan fingerprint density at radius 3 is 1.42 bits per heavy atom. The van der Waals surface area contributed by atoms with Crippen LogP contribution in [0.3, 0.4) is 0 Å². The molecule has 0 fully saturated rings. The lowest BCUT2D eigenvalue weighted by atomic mass is 9.97. The smallest absolute Gasteiger partial charge is 0.215 e. The molecule has 1 unspecified atom stereocenters. The van der Waals surface area contributed by atoms with E-state index in [0.717, 1.165) is 12.8 Å². The lowest BCUT2D eigenvalue weighted by molar-refractivity contribution is -0.886. The van der Waals surface area contributed by atoms with Crippen molar-refractivity contribution in [2.75, 3.05) is 21.1 Å². The first-order valence-electron chi connectivity index (χ1n) is 10.8. The Morgan fingerprint density at radius 2 is 1.12 bits per heavy atom. The fourth-order valence-corrected chi connectivity index (χ4v) is 3.51. The molecular formula is C23H46ClNO. The monoisotopic (exact) mass is 387 g/mol. The predicted molar refractivity (Wildman–Crippen MR) is 112 cm³/mol. The van der Waals surface area contributed by atoms with Crippen molar-refractivity contribution < 1.29 is 21.7 Å². The molecule has 0 spiro atoms. The van der Waals surface area contributed by atoms with Gasteiger partial charge in [-0.2, -0.15) is 0 Å². The van der Waals surface area contributed by atoms with Gasteiger partial charge in [-0.1, -0.05) is 90.6 Å². The molecule has 3 heteroatoms. The summed E-state index contributed by atoms with van der Waals surface area (Å²) in [5.74, 6) is 0.242. The average molecular weight is 388 g/mol. The van der Waals surface area contributed by atoms with Crippen LogP contribution in [0.2, 0.25) is 0 Å². The molecule has 0 aliphatic carbocycles. The fourth-order valence-electron chi connectivity index (χ4n) is 3.51. The van der Waals surface area contributed by atoms with Gasteiger partial charge in [0.1, 0.15) is 0 Å². The summed E-state index contributed by atoms with van der Waals surface area (Å²) in [6, 6.07) is 0.0743. The second-order valence-electron chi connectivity index (χ2n) is 8.81. The van der Waals surface area contributed by atoms with E-state index in [-0.39, 0.29) is 24.2 Å². The van der Waals surface area contributed by atoms with E-state index in [0.29, 0.717) is 10.1 Å². The molecule has 0 N–H and O–H groups in total. The van der Waals surface area contributed by atoms with Crippen molar-refractivity contribution in [3.63, 3.8) is 0 Å². The van der Waals surface area contributed by atoms with E-state index in [1.54, 1.807) is 0 Å². The number of likely N-dealkylation sites (N-methyl/N-ethyl adjacent to an activating group) is 1. The van der Waals surface area contributed by atoms with E-state index in [4.69, 9.17) is 0 Å². The molecule has 0 bridgehead atoms. The van der Waals surface area contributed by atoms with Crippen LogP contribution in [-0.4, -0.2) is 37.5 Å². The highest BCUT2D eigenvalue weighted by atomic mass is 35.5. The highest BCUT2D eigenvalue weighted by Gasteiger charge is 2.30. The molecule has 0 radical (unpaired) electrons. The largest absolute Gasteiger partial charge is 1.00 e. The molecule has 0 aliphatic rings. The fraction of sp³-hybridized carbons (Fsp3) is 0.870. The summed E-state index contributed by atoms with van der Waals surface area (Å²) in [5.41, 5.74) is 0.702. The standard InChI is InChI=1S/C23H46NO.ClH/c1-7-8-9-10-11-12-13-14-15-16-17-18-19-20-22(24(4,5)6)23(25)21(2)3;/h22H,2,7-20H2,1,3-6H3;1H/q+1;/p-1. The number of hydrogen-bond donors (Lipinski definition) is 0. The molecule has 0 aromatic carbocycles. The molecule has 26 heavy (non-hydrogen) atoms. The van der Waals surface area contributed by atoms with Crippen molar-refractivity contribution in [1.29, 1.82) is 0 Å². The topological polar surface area (TPSA) is 17.1 Å². The zero-order chi connectivity index (χ0) is 19.1. The van der Waals surface area contributed by atoms with Crippen LogP contribution in [0.4, 0.5) is 0 Å². The molecule has 0 aromatic rings. The molecule has 0 saturated carbocycles. The summed E-state index contributed by atoms with van der Waals surface area (Å²) in [4.78, 5) is 12.3. The van der Waals surface area contributed by atoms with Crippen LogP contribution in [0.25, 0.3) is 0 Å². The molecule has 2 nitrogen and oxygen atoms in total. The first kappa shape index (κ1) is 27.9. The maximum absolute atomic E-state index is 12.3. The van der Waals surface area contributed by atoms with Gasteiger partial charge in [-0.3, -0.25) is 4.79 Å². The summed E-state index contributed by atoms with van der Waals surface area (Å²) in [6.07, 6.45) is 18.8. The summed E-state index contributed by atoms with van der Waals surface area (Å²) >= 11 is 0. The van der Waals surface area contributed by atoms with Gasteiger partial charge >= 0.3 is 0 Å². The second-order valence-corrected chi connectivity index (χ2v) is 8.81. The number of ketones is 1. The maximum Gasteiger partial charge on any atom is 0.215 e. The van der Waals surface area contributed by atoms with E-state index >= 15 is 0 Å². The van der Waals surface area contributed by atoms with E-state index < -0.39 is 0 Å². The number of rotatable bonds is 17. The number of nitrogens with zero attached hydrogens (tertiary/aromatic N) is 1. The Labute approximate surface area is 170 Å². The SMILES string of the molecule is C=C(C)C(=O)C(CCCCCCCCCCCCCCC)[N+](C)(C)C.[Cl-]. The first-order chi connectivity index (χ1) is 11.8. The van der Waals surface area contributed by atoms with Crippen molar-refractivity contribution in [3.05, 3.63) is 12.2 Å². The van der Waals surface area contributed by atoms with E-state index in [1.165, 1.54) is 77.0 Å². The van der Waals surface area contributed by atoms with Gasteiger partial charge in [-0.05, 0) is 18.9 Å². The zero-order valence-corrected chi connectivity index (χ0v) is 19.2. The van der Waals surface area contributed by atoms with Crippen LogP contribution in [0.1, 0.15) is 104 Å². The maximum atomic E-state index is 12.3. The highest BCUT2D eigenvalue weighted by molar-refractivity contribution is 5.97. The Morgan fingerprint density at radius 1 is 0.769 bits per heavy atom. The third kappa shape index (κ3) is 14.8. The average Bonchev–Trinajstić information content (AvgIpc) is 2.53. The van der Waals surface area contributed by atoms with Gasteiger partial charge in [0.15, 0.2) is 6.04 Å². The molecule has 1 atom stereocenters. The van der Waals surface area contributed by atoms with Gasteiger partial charge in [0.25, 0.3) is 0 Å². The predicted octanol–water partition coefficient (Wildman–Crippen LogP) is 3.69. The van der Waals surface area contributed by atoms with Gasteiger partial charge in [-0.25, -0.2) is 0 Å². The van der Waals surface area contributed by atoms with Crippen molar-refractivity contribution >= 4 is 5.78 Å². The Kier molecular flexibility index (Phi) is 18.0. The van der Waals surface area contributed by atoms with Crippen molar-refractivity contribution in [2.45, 2.75) is 110 Å². The lowest BCUT2D eigenvalue weighted by Gasteiger charge is -2.33. The van der Waals surface area contributed by atoms with Gasteiger partial charge in [0, 0.05) is 6.42 Å². The van der Waals surface area contributed by atoms with Crippen LogP contribution in [0, 0.1) is 0 Å². The summed E-state index contributed by atoms with van der Waals surface area (Å²) < 4.78 is 0.712. The molecule has 0 amide bonds. The number of quaternary nitrogens is 1. The highest BCUT2D eigenvalue weighted by Crippen LogP contribution is 2.18. The first-order valence-corrected chi connectivity index (χ1v) is 10.8. The van der Waals surface area contributed by atoms with Gasteiger partial charge in [0.2, 0.25) is 5.78 Å². The minimum Gasteiger partial charge on any atom is -1.00 e. The number of unbranched alkanes of at least 4 members (excludes halogenated alkanes) is 12. The van der Waals surface area contributed by atoms with Gasteiger partial charge < -0.3 is 16.9 Å². The van der Waals surface area contributed by atoms with Crippen LogP contribution < -0.4 is 12.4 Å². The van der Waals surface area contributed by atoms with E-state index in [9.17, 15) is 4.79 Å². The second kappa shape index (κ2) is 16.8. The molecule has 0 saturated heterocycles. The Bertz CT molecular complexity index is 360. The van der Waals surface area contributed by atoms with Crippen LogP contribution in [-0.2, 0) is 4.79 Å². The Hall–Kier alpha value is -0.340. The number of hydrogen-bond acceptors (Lipinski definition) is 1. The third-order valence-corrected chi connectivity index (χ3v) is 5.24. The number of carbonyl (C=O) groups is 1. The van der Waals surface area contributed by atoms with Gasteiger partial charge in [0.05, 0.1) is 21.1 Å². The van der Waals surface area contributed by atoms with Crippen LogP contribution in [0.15, 0.2) is 12.2 Å². The van der Waals surface area contributed by atoms with Crippen molar-refractivity contribution in [2.24, 2.45) is 0 Å². The van der Waals surface area contributed by atoms with Crippen molar-refractivity contribution in [3.8, 4) is 0 Å². The Balaban J connectivity index is 0. The van der Waals surface area contributed by atoms with Crippen LogP contribution in [0.5, 0.6) is 0 Å². The lowest BCUT2D eigenvalue weighted by Crippen LogP contribution is -3.00. The van der Waals surface area contributed by atoms with Crippen LogP contribution >= 0.6 is 0 Å². The normalized spacial score (nSPS) is 12.5. The molecular weight excluding hydrogens is 342 g/mol. The third-order valence-electron chi connectivity index (χ3n) is 5.24. The molecule has 0 aliphatic heterocycles. The summed E-state index contributed by atoms with van der Waals surface area (Å²) in [7, 11) is 6.36. The molecule has 0 heterocycles. The molecule has 0 aromatic heterocycles. The van der Waals surface area contributed by atoms with Crippen molar-refractivity contribution in [1.82, 2.24) is 0 Å². The van der Waals surface area contributed by atoms with E-state index in [1.807, 2.05) is 6.92 Å². The zero-order valence-electron chi connectivity index (χ0n) is 18.4. The minimum atomic E-state index is 0. The molecule has 156 valence electrons. The number of Topliss-reactive ketones (excluding diaryl/α,β-unsaturated/α-hetero) is 1. The minimum absolute atomic E-state index is 0. The summed E-state index contributed by atoms with van der Waals surface area (Å²) in [5, 5.41) is 0. The quantitative estimate of drug-likeness (QED) is 0.211. The molecule has 0 rings (SSSR count).